The number of benzene rings is 1. The Kier molecular flexibility index (Phi) is 2.98. The number of hydrogen-bond donors (Lipinski definition) is 2. The zero-order valence-corrected chi connectivity index (χ0v) is 11.3. The highest BCUT2D eigenvalue weighted by atomic mass is 16.1. The third-order valence-corrected chi connectivity index (χ3v) is 3.33. The Hall–Kier alpha value is -2.63. The van der Waals surface area contributed by atoms with E-state index < -0.39 is 0 Å². The van der Waals surface area contributed by atoms with E-state index in [4.69, 9.17) is 0 Å². The molecule has 0 spiro atoms. The summed E-state index contributed by atoms with van der Waals surface area (Å²) in [5, 5.41) is 9.63. The van der Waals surface area contributed by atoms with Crippen molar-refractivity contribution >= 4 is 11.5 Å². The van der Waals surface area contributed by atoms with Gasteiger partial charge in [-0.25, -0.2) is 19.3 Å². The Balaban J connectivity index is 1.89. The molecule has 0 aliphatic rings. The summed E-state index contributed by atoms with van der Waals surface area (Å²) in [4.78, 5) is 15.6. The van der Waals surface area contributed by atoms with Gasteiger partial charge < -0.3 is 5.32 Å². The fraction of sp³-hybridized carbons (Fsp3) is 0.214. The van der Waals surface area contributed by atoms with Crippen molar-refractivity contribution < 1.29 is 0 Å². The lowest BCUT2D eigenvalue weighted by molar-refractivity contribution is 0.860. The Morgan fingerprint density at radius 3 is 2.95 bits per heavy atom. The molecule has 0 amide bonds. The summed E-state index contributed by atoms with van der Waals surface area (Å²) in [6.45, 7) is 4.16. The Bertz CT molecular complexity index is 804. The molecule has 1 atom stereocenters. The SMILES string of the molecule is Cc1ccccc1C(C)Nc1cc2n[nH]c(=O)n2cn1. The number of aryl methyl sites for hydroxylation is 1. The number of H-pyrrole nitrogens is 1. The predicted molar refractivity (Wildman–Crippen MR) is 76.8 cm³/mol. The number of nitrogens with one attached hydrogen (secondary N) is 2. The number of rotatable bonds is 3. The van der Waals surface area contributed by atoms with E-state index in [1.807, 2.05) is 12.1 Å². The summed E-state index contributed by atoms with van der Waals surface area (Å²) in [7, 11) is 0. The molecule has 1 unspecified atom stereocenters. The lowest BCUT2D eigenvalue weighted by Gasteiger charge is -2.16. The van der Waals surface area contributed by atoms with Crippen molar-refractivity contribution in [1.82, 2.24) is 19.6 Å². The van der Waals surface area contributed by atoms with Crippen LogP contribution in [-0.2, 0) is 0 Å². The molecule has 102 valence electrons. The van der Waals surface area contributed by atoms with Gasteiger partial charge >= 0.3 is 5.69 Å². The van der Waals surface area contributed by atoms with Crippen LogP contribution in [0, 0.1) is 6.92 Å². The number of fused-ring (bicyclic) bond motifs is 1. The standard InChI is InChI=1S/C14H15N5O/c1-9-5-3-4-6-11(9)10(2)16-12-7-13-17-18-14(20)19(13)8-15-12/h3-8,10,16H,1-2H3,(H,18,20). The van der Waals surface area contributed by atoms with Crippen molar-refractivity contribution in [2.45, 2.75) is 19.9 Å². The number of aromatic amines is 1. The van der Waals surface area contributed by atoms with Crippen LogP contribution in [0.25, 0.3) is 5.65 Å². The molecule has 0 aliphatic carbocycles. The smallest absolute Gasteiger partial charge is 0.348 e. The molecule has 2 heterocycles. The Labute approximate surface area is 115 Å². The first-order valence-corrected chi connectivity index (χ1v) is 6.40. The lowest BCUT2D eigenvalue weighted by atomic mass is 10.0. The quantitative estimate of drug-likeness (QED) is 0.761. The molecule has 2 aromatic heterocycles. The molecule has 6 heteroatoms. The zero-order chi connectivity index (χ0) is 14.1. The van der Waals surface area contributed by atoms with Crippen LogP contribution in [0.4, 0.5) is 5.82 Å². The molecule has 0 fully saturated rings. The molecule has 6 nitrogen and oxygen atoms in total. The van der Waals surface area contributed by atoms with Gasteiger partial charge in [-0.1, -0.05) is 24.3 Å². The lowest BCUT2D eigenvalue weighted by Crippen LogP contribution is -2.12. The number of aromatic nitrogens is 4. The summed E-state index contributed by atoms with van der Waals surface area (Å²) >= 11 is 0. The first kappa shape index (κ1) is 12.4. The van der Waals surface area contributed by atoms with E-state index in [2.05, 4.69) is 46.5 Å². The summed E-state index contributed by atoms with van der Waals surface area (Å²) in [5.74, 6) is 0.687. The monoisotopic (exact) mass is 269 g/mol. The van der Waals surface area contributed by atoms with Crippen LogP contribution in [0.1, 0.15) is 24.1 Å². The fourth-order valence-corrected chi connectivity index (χ4v) is 2.26. The van der Waals surface area contributed by atoms with Crippen molar-refractivity contribution in [3.8, 4) is 0 Å². The number of anilines is 1. The van der Waals surface area contributed by atoms with E-state index in [0.29, 0.717) is 11.5 Å². The van der Waals surface area contributed by atoms with Gasteiger partial charge in [0.2, 0.25) is 0 Å². The molecule has 20 heavy (non-hydrogen) atoms. The third-order valence-electron chi connectivity index (χ3n) is 3.33. The highest BCUT2D eigenvalue weighted by molar-refractivity contribution is 5.49. The molecule has 0 saturated heterocycles. The second-order valence-corrected chi connectivity index (χ2v) is 4.75. The minimum absolute atomic E-state index is 0.122. The highest BCUT2D eigenvalue weighted by Gasteiger charge is 2.09. The zero-order valence-electron chi connectivity index (χ0n) is 11.3. The van der Waals surface area contributed by atoms with E-state index >= 15 is 0 Å². The maximum absolute atomic E-state index is 11.4. The molecule has 3 aromatic rings. The van der Waals surface area contributed by atoms with Crippen molar-refractivity contribution in [3.05, 3.63) is 58.3 Å². The fourth-order valence-electron chi connectivity index (χ4n) is 2.26. The normalized spacial score (nSPS) is 12.5. The number of hydrogen-bond acceptors (Lipinski definition) is 4. The van der Waals surface area contributed by atoms with Gasteiger partial charge in [-0.05, 0) is 25.0 Å². The molecule has 2 N–H and O–H groups in total. The first-order valence-electron chi connectivity index (χ1n) is 6.40. The Morgan fingerprint density at radius 2 is 2.15 bits per heavy atom. The molecule has 0 saturated carbocycles. The van der Waals surface area contributed by atoms with Gasteiger partial charge in [-0.15, -0.1) is 0 Å². The average molecular weight is 269 g/mol. The predicted octanol–water partition coefficient (Wildman–Crippen LogP) is 1.90. The molecule has 0 radical (unpaired) electrons. The van der Waals surface area contributed by atoms with Crippen LogP contribution in [0.15, 0.2) is 41.5 Å². The second kappa shape index (κ2) is 4.80. The third kappa shape index (κ3) is 2.16. The summed E-state index contributed by atoms with van der Waals surface area (Å²) < 4.78 is 1.36. The Morgan fingerprint density at radius 1 is 1.35 bits per heavy atom. The van der Waals surface area contributed by atoms with E-state index in [1.54, 1.807) is 6.07 Å². The molecular weight excluding hydrogens is 254 g/mol. The topological polar surface area (TPSA) is 75.1 Å². The maximum atomic E-state index is 11.4. The van der Waals surface area contributed by atoms with Gasteiger partial charge in [0.25, 0.3) is 0 Å². The van der Waals surface area contributed by atoms with Crippen LogP contribution < -0.4 is 11.0 Å². The molecule has 1 aromatic carbocycles. The van der Waals surface area contributed by atoms with Crippen molar-refractivity contribution in [1.29, 1.82) is 0 Å². The first-order chi connectivity index (χ1) is 9.65. The molecule has 3 rings (SSSR count). The maximum Gasteiger partial charge on any atom is 0.348 e. The minimum Gasteiger partial charge on any atom is -0.363 e. The van der Waals surface area contributed by atoms with E-state index in [0.717, 1.165) is 0 Å². The number of nitrogens with zero attached hydrogens (tertiary/aromatic N) is 3. The van der Waals surface area contributed by atoms with E-state index in [9.17, 15) is 4.79 Å². The van der Waals surface area contributed by atoms with Gasteiger partial charge in [0.15, 0.2) is 5.65 Å². The van der Waals surface area contributed by atoms with Crippen LogP contribution in [0.2, 0.25) is 0 Å². The summed E-state index contributed by atoms with van der Waals surface area (Å²) in [5.41, 5.74) is 2.70. The van der Waals surface area contributed by atoms with E-state index in [-0.39, 0.29) is 11.7 Å². The van der Waals surface area contributed by atoms with Crippen LogP contribution in [-0.4, -0.2) is 19.6 Å². The van der Waals surface area contributed by atoms with Gasteiger partial charge in [-0.2, -0.15) is 5.10 Å². The minimum atomic E-state index is -0.286. The van der Waals surface area contributed by atoms with Gasteiger partial charge in [0, 0.05) is 6.07 Å². The van der Waals surface area contributed by atoms with Crippen molar-refractivity contribution in [2.75, 3.05) is 5.32 Å². The van der Waals surface area contributed by atoms with Gasteiger partial charge in [0.05, 0.1) is 6.04 Å². The highest BCUT2D eigenvalue weighted by Crippen LogP contribution is 2.20. The van der Waals surface area contributed by atoms with Gasteiger partial charge in [-0.3, -0.25) is 0 Å². The summed E-state index contributed by atoms with van der Waals surface area (Å²) in [6.07, 6.45) is 1.47. The average Bonchev–Trinajstić information content (AvgIpc) is 2.80. The van der Waals surface area contributed by atoms with Crippen LogP contribution in [0.3, 0.4) is 0 Å². The van der Waals surface area contributed by atoms with Crippen LogP contribution in [0.5, 0.6) is 0 Å². The largest absolute Gasteiger partial charge is 0.363 e. The van der Waals surface area contributed by atoms with E-state index in [1.165, 1.54) is 21.9 Å². The van der Waals surface area contributed by atoms with Gasteiger partial charge in [0.1, 0.15) is 12.1 Å². The second-order valence-electron chi connectivity index (χ2n) is 4.75. The molecule has 0 bridgehead atoms. The molecular formula is C14H15N5O. The summed E-state index contributed by atoms with van der Waals surface area (Å²) in [6, 6.07) is 10.1. The van der Waals surface area contributed by atoms with Crippen LogP contribution >= 0.6 is 0 Å². The molecule has 0 aliphatic heterocycles. The van der Waals surface area contributed by atoms with Crippen molar-refractivity contribution in [2.24, 2.45) is 0 Å². The van der Waals surface area contributed by atoms with Crippen molar-refractivity contribution in [3.63, 3.8) is 0 Å².